The van der Waals surface area contributed by atoms with Crippen LogP contribution >= 0.6 is 15.9 Å². The first-order valence-electron chi connectivity index (χ1n) is 5.10. The molecule has 1 saturated carbocycles. The molecule has 1 aliphatic carbocycles. The summed E-state index contributed by atoms with van der Waals surface area (Å²) in [5, 5.41) is 11.6. The third-order valence-electron chi connectivity index (χ3n) is 2.74. The Hall–Kier alpha value is -1.34. The van der Waals surface area contributed by atoms with Crippen LogP contribution in [0.4, 0.5) is 0 Å². The highest BCUT2D eigenvalue weighted by atomic mass is 79.9. The molecular formula is C12H11BrN2O. The highest BCUT2D eigenvalue weighted by molar-refractivity contribution is 9.10. The number of hydrogen-bond donors (Lipinski definition) is 1. The van der Waals surface area contributed by atoms with Crippen LogP contribution in [0.25, 0.3) is 0 Å². The van der Waals surface area contributed by atoms with E-state index in [1.807, 2.05) is 24.3 Å². The van der Waals surface area contributed by atoms with Crippen LogP contribution in [0.15, 0.2) is 28.7 Å². The number of amides is 1. The van der Waals surface area contributed by atoms with Gasteiger partial charge in [-0.05, 0) is 30.5 Å². The van der Waals surface area contributed by atoms with Crippen molar-refractivity contribution in [1.29, 1.82) is 5.26 Å². The molecule has 1 aromatic carbocycles. The lowest BCUT2D eigenvalue weighted by atomic mass is 10.1. The van der Waals surface area contributed by atoms with Gasteiger partial charge in [-0.25, -0.2) is 0 Å². The summed E-state index contributed by atoms with van der Waals surface area (Å²) in [5.74, 6) is -0.144. The Kier molecular flexibility index (Phi) is 2.97. The fourth-order valence-corrected chi connectivity index (χ4v) is 1.96. The second-order valence-corrected chi connectivity index (χ2v) is 4.92. The molecule has 1 aliphatic rings. The quantitative estimate of drug-likeness (QED) is 0.923. The van der Waals surface area contributed by atoms with Gasteiger partial charge < -0.3 is 5.32 Å². The number of carbonyl (C=O) groups excluding carboxylic acids is 1. The van der Waals surface area contributed by atoms with Gasteiger partial charge in [0.25, 0.3) is 0 Å². The molecular weight excluding hydrogens is 268 g/mol. The van der Waals surface area contributed by atoms with Gasteiger partial charge in [-0.15, -0.1) is 0 Å². The fourth-order valence-electron chi connectivity index (χ4n) is 1.51. The highest BCUT2D eigenvalue weighted by Crippen LogP contribution is 2.44. The topological polar surface area (TPSA) is 52.9 Å². The lowest BCUT2D eigenvalue weighted by Crippen LogP contribution is -2.30. The van der Waals surface area contributed by atoms with Crippen LogP contribution in [-0.4, -0.2) is 5.91 Å². The van der Waals surface area contributed by atoms with Gasteiger partial charge in [0.1, 0.15) is 5.41 Å². The number of hydrogen-bond acceptors (Lipinski definition) is 2. The molecule has 1 aromatic rings. The molecule has 0 aromatic heterocycles. The van der Waals surface area contributed by atoms with Crippen molar-refractivity contribution in [3.8, 4) is 6.07 Å². The molecule has 4 heteroatoms. The van der Waals surface area contributed by atoms with E-state index in [1.54, 1.807) is 0 Å². The largest absolute Gasteiger partial charge is 0.351 e. The SMILES string of the molecule is N#CC1(C(=O)NCc2cccc(Br)c2)CC1. The van der Waals surface area contributed by atoms with Crippen LogP contribution < -0.4 is 5.32 Å². The monoisotopic (exact) mass is 278 g/mol. The van der Waals surface area contributed by atoms with Gasteiger partial charge in [0.15, 0.2) is 0 Å². The predicted molar refractivity (Wildman–Crippen MR) is 63.3 cm³/mol. The highest BCUT2D eigenvalue weighted by Gasteiger charge is 2.50. The molecule has 1 N–H and O–H groups in total. The Balaban J connectivity index is 1.94. The fraction of sp³-hybridized carbons (Fsp3) is 0.333. The second kappa shape index (κ2) is 4.26. The van der Waals surface area contributed by atoms with Crippen LogP contribution in [0.2, 0.25) is 0 Å². The number of carbonyl (C=O) groups is 1. The zero-order valence-electron chi connectivity index (χ0n) is 8.66. The third-order valence-corrected chi connectivity index (χ3v) is 3.23. The summed E-state index contributed by atoms with van der Waals surface area (Å²) >= 11 is 3.37. The molecule has 0 bridgehead atoms. The third kappa shape index (κ3) is 2.25. The van der Waals surface area contributed by atoms with E-state index in [1.165, 1.54) is 0 Å². The van der Waals surface area contributed by atoms with E-state index in [-0.39, 0.29) is 5.91 Å². The number of rotatable bonds is 3. The molecule has 2 rings (SSSR count). The van der Waals surface area contributed by atoms with Gasteiger partial charge in [-0.2, -0.15) is 5.26 Å². The molecule has 1 fully saturated rings. The Morgan fingerprint density at radius 1 is 1.56 bits per heavy atom. The van der Waals surface area contributed by atoms with Crippen molar-refractivity contribution in [2.45, 2.75) is 19.4 Å². The summed E-state index contributed by atoms with van der Waals surface area (Å²) in [4.78, 5) is 11.7. The summed E-state index contributed by atoms with van der Waals surface area (Å²) in [6, 6.07) is 9.82. The van der Waals surface area contributed by atoms with Crippen LogP contribution in [0.5, 0.6) is 0 Å². The van der Waals surface area contributed by atoms with Crippen molar-refractivity contribution in [2.75, 3.05) is 0 Å². The molecule has 0 radical (unpaired) electrons. The predicted octanol–water partition coefficient (Wildman–Crippen LogP) is 2.37. The lowest BCUT2D eigenvalue weighted by molar-refractivity contribution is -0.124. The summed E-state index contributed by atoms with van der Waals surface area (Å²) in [6.45, 7) is 0.474. The van der Waals surface area contributed by atoms with Crippen molar-refractivity contribution in [3.63, 3.8) is 0 Å². The average Bonchev–Trinajstić information content (AvgIpc) is 3.07. The molecule has 0 unspecified atom stereocenters. The minimum Gasteiger partial charge on any atom is -0.351 e. The van der Waals surface area contributed by atoms with Gasteiger partial charge in [0.2, 0.25) is 5.91 Å². The smallest absolute Gasteiger partial charge is 0.240 e. The molecule has 3 nitrogen and oxygen atoms in total. The van der Waals surface area contributed by atoms with Crippen LogP contribution in [0.3, 0.4) is 0 Å². The zero-order chi connectivity index (χ0) is 11.6. The van der Waals surface area contributed by atoms with Gasteiger partial charge in [0, 0.05) is 11.0 Å². The Morgan fingerprint density at radius 3 is 2.88 bits per heavy atom. The minimum atomic E-state index is -0.730. The van der Waals surface area contributed by atoms with E-state index in [0.717, 1.165) is 10.0 Å². The number of nitriles is 1. The van der Waals surface area contributed by atoms with E-state index >= 15 is 0 Å². The Labute approximate surface area is 103 Å². The maximum atomic E-state index is 11.7. The van der Waals surface area contributed by atoms with Crippen molar-refractivity contribution in [2.24, 2.45) is 5.41 Å². The van der Waals surface area contributed by atoms with Crippen molar-refractivity contribution >= 4 is 21.8 Å². The molecule has 82 valence electrons. The first kappa shape index (κ1) is 11.2. The molecule has 0 heterocycles. The van der Waals surface area contributed by atoms with E-state index < -0.39 is 5.41 Å². The van der Waals surface area contributed by atoms with Crippen LogP contribution in [0.1, 0.15) is 18.4 Å². The maximum Gasteiger partial charge on any atom is 0.240 e. The lowest BCUT2D eigenvalue weighted by Gasteiger charge is -2.08. The summed E-state index contributed by atoms with van der Waals surface area (Å²) in [6.07, 6.45) is 1.38. The zero-order valence-corrected chi connectivity index (χ0v) is 10.3. The van der Waals surface area contributed by atoms with E-state index in [9.17, 15) is 4.79 Å². The Morgan fingerprint density at radius 2 is 2.31 bits per heavy atom. The summed E-state index contributed by atoms with van der Waals surface area (Å²) < 4.78 is 0.987. The standard InChI is InChI=1S/C12H11BrN2O/c13-10-3-1-2-9(6-10)7-15-11(16)12(8-14)4-5-12/h1-3,6H,4-5,7H2,(H,15,16). The van der Waals surface area contributed by atoms with Crippen LogP contribution in [-0.2, 0) is 11.3 Å². The second-order valence-electron chi connectivity index (χ2n) is 4.01. The van der Waals surface area contributed by atoms with Crippen molar-refractivity contribution in [3.05, 3.63) is 34.3 Å². The molecule has 16 heavy (non-hydrogen) atoms. The normalized spacial score (nSPS) is 16.2. The Bertz CT molecular complexity index is 460. The van der Waals surface area contributed by atoms with Gasteiger partial charge in [-0.1, -0.05) is 28.1 Å². The number of halogens is 1. The maximum absolute atomic E-state index is 11.7. The summed E-state index contributed by atoms with van der Waals surface area (Å²) in [7, 11) is 0. The number of nitrogens with one attached hydrogen (secondary N) is 1. The van der Waals surface area contributed by atoms with Crippen molar-refractivity contribution < 1.29 is 4.79 Å². The summed E-state index contributed by atoms with van der Waals surface area (Å²) in [5.41, 5.74) is 0.294. The van der Waals surface area contributed by atoms with Gasteiger partial charge in [0.05, 0.1) is 6.07 Å². The van der Waals surface area contributed by atoms with Crippen LogP contribution in [0, 0.1) is 16.7 Å². The molecule has 0 atom stereocenters. The number of nitrogens with zero attached hydrogens (tertiary/aromatic N) is 1. The van der Waals surface area contributed by atoms with Gasteiger partial charge >= 0.3 is 0 Å². The average molecular weight is 279 g/mol. The molecule has 0 aliphatic heterocycles. The van der Waals surface area contributed by atoms with Crippen molar-refractivity contribution in [1.82, 2.24) is 5.32 Å². The first-order valence-corrected chi connectivity index (χ1v) is 5.90. The van der Waals surface area contributed by atoms with Gasteiger partial charge in [-0.3, -0.25) is 4.79 Å². The van der Waals surface area contributed by atoms with E-state index in [0.29, 0.717) is 19.4 Å². The minimum absolute atomic E-state index is 0.144. The molecule has 0 spiro atoms. The van der Waals surface area contributed by atoms with E-state index in [4.69, 9.17) is 5.26 Å². The van der Waals surface area contributed by atoms with E-state index in [2.05, 4.69) is 27.3 Å². The molecule has 0 saturated heterocycles. The first-order chi connectivity index (χ1) is 7.66. The number of benzene rings is 1. The molecule has 1 amide bonds.